The molecule has 4 heteroatoms. The third kappa shape index (κ3) is 3.45. The lowest BCUT2D eigenvalue weighted by Crippen LogP contribution is -2.39. The standard InChI is InChI=1S/C16H23ClN2O/c1-16(8-4-3-5-9-16)15(20)19-11-12-6-7-13(17)14(10-12)18-2/h6-7,10,18H,3-5,8-9,11H2,1-2H3,(H,19,20). The van der Waals surface area contributed by atoms with E-state index in [1.807, 2.05) is 25.2 Å². The van der Waals surface area contributed by atoms with Crippen LogP contribution >= 0.6 is 11.6 Å². The molecule has 0 bridgehead atoms. The second-order valence-electron chi connectivity index (χ2n) is 5.87. The fourth-order valence-electron chi connectivity index (χ4n) is 2.83. The molecule has 0 saturated heterocycles. The van der Waals surface area contributed by atoms with Gasteiger partial charge in [-0.05, 0) is 30.5 Å². The number of carbonyl (C=O) groups is 1. The fraction of sp³-hybridized carbons (Fsp3) is 0.562. The average Bonchev–Trinajstić information content (AvgIpc) is 2.46. The smallest absolute Gasteiger partial charge is 0.226 e. The van der Waals surface area contributed by atoms with Gasteiger partial charge in [0.15, 0.2) is 0 Å². The summed E-state index contributed by atoms with van der Waals surface area (Å²) in [5.74, 6) is 0.179. The molecule has 0 heterocycles. The highest BCUT2D eigenvalue weighted by Crippen LogP contribution is 2.35. The summed E-state index contributed by atoms with van der Waals surface area (Å²) in [6.45, 7) is 2.64. The Kier molecular flexibility index (Phi) is 4.92. The summed E-state index contributed by atoms with van der Waals surface area (Å²) in [7, 11) is 1.84. The van der Waals surface area contributed by atoms with Crippen molar-refractivity contribution in [2.75, 3.05) is 12.4 Å². The normalized spacial score (nSPS) is 17.6. The Hall–Kier alpha value is -1.22. The Balaban J connectivity index is 1.96. The Bertz CT molecular complexity index is 481. The summed E-state index contributed by atoms with van der Waals surface area (Å²) in [5.41, 5.74) is 1.77. The highest BCUT2D eigenvalue weighted by molar-refractivity contribution is 6.33. The first kappa shape index (κ1) is 15.2. The molecule has 0 aliphatic heterocycles. The van der Waals surface area contributed by atoms with E-state index in [0.717, 1.165) is 36.9 Å². The highest BCUT2D eigenvalue weighted by Gasteiger charge is 2.34. The van der Waals surface area contributed by atoms with E-state index in [1.54, 1.807) is 0 Å². The molecule has 0 spiro atoms. The molecule has 110 valence electrons. The summed E-state index contributed by atoms with van der Waals surface area (Å²) in [6, 6.07) is 5.79. The van der Waals surface area contributed by atoms with Crippen LogP contribution in [0.5, 0.6) is 0 Å². The summed E-state index contributed by atoms with van der Waals surface area (Å²) in [4.78, 5) is 12.4. The zero-order valence-electron chi connectivity index (χ0n) is 12.3. The molecule has 1 amide bonds. The van der Waals surface area contributed by atoms with Crippen molar-refractivity contribution in [1.82, 2.24) is 5.32 Å². The monoisotopic (exact) mass is 294 g/mol. The maximum Gasteiger partial charge on any atom is 0.226 e. The molecule has 2 rings (SSSR count). The molecular weight excluding hydrogens is 272 g/mol. The predicted octanol–water partition coefficient (Wildman–Crippen LogP) is 3.97. The lowest BCUT2D eigenvalue weighted by Gasteiger charge is -2.32. The predicted molar refractivity (Wildman–Crippen MR) is 84.0 cm³/mol. The van der Waals surface area contributed by atoms with Crippen molar-refractivity contribution in [2.45, 2.75) is 45.6 Å². The third-order valence-electron chi connectivity index (χ3n) is 4.26. The van der Waals surface area contributed by atoms with Crippen molar-refractivity contribution < 1.29 is 4.79 Å². The molecule has 1 fully saturated rings. The maximum absolute atomic E-state index is 12.4. The third-order valence-corrected chi connectivity index (χ3v) is 4.59. The molecule has 1 aliphatic carbocycles. The van der Waals surface area contributed by atoms with Crippen molar-refractivity contribution >= 4 is 23.2 Å². The summed E-state index contributed by atoms with van der Waals surface area (Å²) >= 11 is 6.05. The van der Waals surface area contributed by atoms with Crippen LogP contribution in [0.3, 0.4) is 0 Å². The largest absolute Gasteiger partial charge is 0.387 e. The lowest BCUT2D eigenvalue weighted by molar-refractivity contribution is -0.132. The van der Waals surface area contributed by atoms with Gasteiger partial charge in [0, 0.05) is 19.0 Å². The first-order valence-corrected chi connectivity index (χ1v) is 7.67. The van der Waals surface area contributed by atoms with Gasteiger partial charge < -0.3 is 10.6 Å². The van der Waals surface area contributed by atoms with Crippen molar-refractivity contribution in [2.24, 2.45) is 5.41 Å². The summed E-state index contributed by atoms with van der Waals surface area (Å²) in [5, 5.41) is 6.82. The highest BCUT2D eigenvalue weighted by atomic mass is 35.5. The SMILES string of the molecule is CNc1cc(CNC(=O)C2(C)CCCCC2)ccc1Cl. The van der Waals surface area contributed by atoms with Gasteiger partial charge in [0.25, 0.3) is 0 Å². The zero-order valence-corrected chi connectivity index (χ0v) is 13.0. The van der Waals surface area contributed by atoms with Crippen LogP contribution in [0.2, 0.25) is 5.02 Å². The van der Waals surface area contributed by atoms with Crippen LogP contribution in [-0.4, -0.2) is 13.0 Å². The molecule has 3 nitrogen and oxygen atoms in total. The number of anilines is 1. The molecule has 2 N–H and O–H groups in total. The van der Waals surface area contributed by atoms with Crippen molar-refractivity contribution in [3.63, 3.8) is 0 Å². The van der Waals surface area contributed by atoms with Crippen LogP contribution < -0.4 is 10.6 Å². The number of rotatable bonds is 4. The minimum atomic E-state index is -0.184. The van der Waals surface area contributed by atoms with Gasteiger partial charge in [-0.2, -0.15) is 0 Å². The number of nitrogens with one attached hydrogen (secondary N) is 2. The molecule has 20 heavy (non-hydrogen) atoms. The molecule has 0 radical (unpaired) electrons. The van der Waals surface area contributed by atoms with Gasteiger partial charge in [-0.3, -0.25) is 4.79 Å². The summed E-state index contributed by atoms with van der Waals surface area (Å²) in [6.07, 6.45) is 5.58. The molecule has 0 unspecified atom stereocenters. The quantitative estimate of drug-likeness (QED) is 0.882. The van der Waals surface area contributed by atoms with Gasteiger partial charge in [-0.25, -0.2) is 0 Å². The number of hydrogen-bond acceptors (Lipinski definition) is 2. The van der Waals surface area contributed by atoms with Crippen molar-refractivity contribution in [3.05, 3.63) is 28.8 Å². The molecule has 1 aromatic carbocycles. The summed E-state index contributed by atoms with van der Waals surface area (Å²) < 4.78 is 0. The van der Waals surface area contributed by atoms with Crippen LogP contribution in [0.4, 0.5) is 5.69 Å². The fourth-order valence-corrected chi connectivity index (χ4v) is 3.04. The van der Waals surface area contributed by atoms with Gasteiger partial charge in [0.2, 0.25) is 5.91 Å². The van der Waals surface area contributed by atoms with Crippen LogP contribution in [-0.2, 0) is 11.3 Å². The number of halogens is 1. The van der Waals surface area contributed by atoms with Gasteiger partial charge in [-0.1, -0.05) is 43.9 Å². The molecule has 1 saturated carbocycles. The van der Waals surface area contributed by atoms with Crippen LogP contribution in [0.1, 0.15) is 44.6 Å². The van der Waals surface area contributed by atoms with E-state index in [1.165, 1.54) is 6.42 Å². The van der Waals surface area contributed by atoms with Crippen LogP contribution in [0.25, 0.3) is 0 Å². The average molecular weight is 295 g/mol. The van der Waals surface area contributed by atoms with Gasteiger partial charge in [-0.15, -0.1) is 0 Å². The van der Waals surface area contributed by atoms with E-state index in [4.69, 9.17) is 11.6 Å². The lowest BCUT2D eigenvalue weighted by atomic mass is 9.75. The van der Waals surface area contributed by atoms with Gasteiger partial charge in [0.1, 0.15) is 0 Å². The van der Waals surface area contributed by atoms with Gasteiger partial charge in [0.05, 0.1) is 10.7 Å². The van der Waals surface area contributed by atoms with Crippen molar-refractivity contribution in [3.8, 4) is 0 Å². The number of amides is 1. The van der Waals surface area contributed by atoms with E-state index in [-0.39, 0.29) is 11.3 Å². The minimum absolute atomic E-state index is 0.179. The Morgan fingerprint density at radius 3 is 2.65 bits per heavy atom. The molecule has 1 aliphatic rings. The van der Waals surface area contributed by atoms with E-state index >= 15 is 0 Å². The van der Waals surface area contributed by atoms with Gasteiger partial charge >= 0.3 is 0 Å². The van der Waals surface area contributed by atoms with E-state index in [9.17, 15) is 4.79 Å². The zero-order chi connectivity index (χ0) is 14.6. The number of hydrogen-bond donors (Lipinski definition) is 2. The van der Waals surface area contributed by atoms with E-state index in [0.29, 0.717) is 11.6 Å². The molecule has 0 atom stereocenters. The van der Waals surface area contributed by atoms with E-state index in [2.05, 4.69) is 17.6 Å². The molecule has 1 aromatic rings. The Morgan fingerprint density at radius 1 is 1.30 bits per heavy atom. The first-order valence-electron chi connectivity index (χ1n) is 7.30. The van der Waals surface area contributed by atoms with E-state index < -0.39 is 0 Å². The molecular formula is C16H23ClN2O. The molecule has 0 aromatic heterocycles. The minimum Gasteiger partial charge on any atom is -0.387 e. The van der Waals surface area contributed by atoms with Crippen LogP contribution in [0, 0.1) is 5.41 Å². The first-order chi connectivity index (χ1) is 9.55. The van der Waals surface area contributed by atoms with Crippen LogP contribution in [0.15, 0.2) is 18.2 Å². The number of carbonyl (C=O) groups excluding carboxylic acids is 1. The second kappa shape index (κ2) is 6.49. The maximum atomic E-state index is 12.4. The Morgan fingerprint density at radius 2 is 2.00 bits per heavy atom. The second-order valence-corrected chi connectivity index (χ2v) is 6.28. The topological polar surface area (TPSA) is 41.1 Å². The number of benzene rings is 1. The van der Waals surface area contributed by atoms with Crippen molar-refractivity contribution in [1.29, 1.82) is 0 Å². The Labute approximate surface area is 126 Å².